The van der Waals surface area contributed by atoms with Crippen molar-refractivity contribution in [3.63, 3.8) is 0 Å². The zero-order valence-corrected chi connectivity index (χ0v) is 14.4. The molecule has 0 aromatic heterocycles. The highest BCUT2D eigenvalue weighted by atomic mass is 16.5. The number of rotatable bonds is 5. The average molecular weight is 348 g/mol. The lowest BCUT2D eigenvalue weighted by atomic mass is 10.1. The molecule has 0 saturated carbocycles. The van der Waals surface area contributed by atoms with Crippen LogP contribution in [-0.4, -0.2) is 18.5 Å². The van der Waals surface area contributed by atoms with Crippen molar-refractivity contribution in [1.29, 1.82) is 0 Å². The standard InChI is InChI=1S/C21H20N2O3/c1-2-22-21(25)23-20(24)19(16-10-4-3-5-11-16)26-18-14-8-12-15-9-6-7-13-17(15)18/h3-14,19H,2H2,1H3,(H2,22,23,24,25)/t19-/m1/s1. The van der Waals surface area contributed by atoms with Crippen molar-refractivity contribution in [3.8, 4) is 5.75 Å². The molecule has 0 spiro atoms. The van der Waals surface area contributed by atoms with E-state index >= 15 is 0 Å². The number of ether oxygens (including phenoxy) is 1. The highest BCUT2D eigenvalue weighted by molar-refractivity contribution is 5.97. The maximum atomic E-state index is 12.7. The van der Waals surface area contributed by atoms with E-state index in [-0.39, 0.29) is 0 Å². The molecule has 0 aliphatic rings. The van der Waals surface area contributed by atoms with Gasteiger partial charge in [-0.3, -0.25) is 10.1 Å². The van der Waals surface area contributed by atoms with E-state index in [1.807, 2.05) is 60.7 Å². The van der Waals surface area contributed by atoms with Crippen LogP contribution < -0.4 is 15.4 Å². The Morgan fingerprint density at radius 3 is 2.38 bits per heavy atom. The summed E-state index contributed by atoms with van der Waals surface area (Å²) in [5.41, 5.74) is 0.669. The van der Waals surface area contributed by atoms with Crippen molar-refractivity contribution < 1.29 is 14.3 Å². The smallest absolute Gasteiger partial charge is 0.321 e. The number of hydrogen-bond acceptors (Lipinski definition) is 3. The molecule has 5 heteroatoms. The van der Waals surface area contributed by atoms with Crippen molar-refractivity contribution in [1.82, 2.24) is 10.6 Å². The minimum atomic E-state index is -0.940. The molecular formula is C21H20N2O3. The quantitative estimate of drug-likeness (QED) is 0.737. The molecule has 5 nitrogen and oxygen atoms in total. The van der Waals surface area contributed by atoms with E-state index in [9.17, 15) is 9.59 Å². The van der Waals surface area contributed by atoms with Gasteiger partial charge in [0.1, 0.15) is 5.75 Å². The van der Waals surface area contributed by atoms with E-state index in [1.54, 1.807) is 19.1 Å². The molecule has 0 bridgehead atoms. The number of benzene rings is 3. The summed E-state index contributed by atoms with van der Waals surface area (Å²) in [5, 5.41) is 6.80. The van der Waals surface area contributed by atoms with Gasteiger partial charge in [0.2, 0.25) is 6.10 Å². The summed E-state index contributed by atoms with van der Waals surface area (Å²) in [4.78, 5) is 24.4. The summed E-state index contributed by atoms with van der Waals surface area (Å²) in [6.45, 7) is 2.21. The van der Waals surface area contributed by atoms with Gasteiger partial charge in [-0.05, 0) is 18.4 Å². The van der Waals surface area contributed by atoms with Gasteiger partial charge in [-0.15, -0.1) is 0 Å². The lowest BCUT2D eigenvalue weighted by Crippen LogP contribution is -2.42. The van der Waals surface area contributed by atoms with E-state index in [1.165, 1.54) is 0 Å². The number of imide groups is 1. The Hall–Kier alpha value is -3.34. The van der Waals surface area contributed by atoms with Crippen molar-refractivity contribution in [2.75, 3.05) is 6.54 Å². The Morgan fingerprint density at radius 2 is 1.62 bits per heavy atom. The monoisotopic (exact) mass is 348 g/mol. The van der Waals surface area contributed by atoms with Crippen LogP contribution in [-0.2, 0) is 4.79 Å². The maximum absolute atomic E-state index is 12.7. The lowest BCUT2D eigenvalue weighted by Gasteiger charge is -2.20. The molecule has 132 valence electrons. The number of fused-ring (bicyclic) bond motifs is 1. The molecule has 3 rings (SSSR count). The van der Waals surface area contributed by atoms with Crippen LogP contribution in [0.15, 0.2) is 72.8 Å². The number of carbonyl (C=O) groups is 2. The van der Waals surface area contributed by atoms with E-state index in [2.05, 4.69) is 10.6 Å². The van der Waals surface area contributed by atoms with E-state index in [4.69, 9.17) is 4.74 Å². The molecule has 0 radical (unpaired) electrons. The summed E-state index contributed by atoms with van der Waals surface area (Å²) in [5.74, 6) is 0.0677. The molecule has 1 atom stereocenters. The summed E-state index contributed by atoms with van der Waals surface area (Å²) in [7, 11) is 0. The Kier molecular flexibility index (Phi) is 5.49. The van der Waals surface area contributed by atoms with Gasteiger partial charge in [-0.1, -0.05) is 66.7 Å². The largest absolute Gasteiger partial charge is 0.475 e. The van der Waals surface area contributed by atoms with Crippen LogP contribution in [0.25, 0.3) is 10.8 Å². The minimum absolute atomic E-state index is 0.430. The first kappa shape index (κ1) is 17.5. The van der Waals surface area contributed by atoms with Gasteiger partial charge in [0, 0.05) is 17.5 Å². The Morgan fingerprint density at radius 1 is 0.923 bits per heavy atom. The fourth-order valence-electron chi connectivity index (χ4n) is 2.71. The second-order valence-corrected chi connectivity index (χ2v) is 5.73. The molecule has 0 saturated heterocycles. The van der Waals surface area contributed by atoms with Crippen LogP contribution >= 0.6 is 0 Å². The van der Waals surface area contributed by atoms with Crippen LogP contribution in [0.4, 0.5) is 4.79 Å². The molecule has 3 aromatic carbocycles. The van der Waals surface area contributed by atoms with Gasteiger partial charge in [0.05, 0.1) is 0 Å². The van der Waals surface area contributed by atoms with E-state index in [0.717, 1.165) is 10.8 Å². The third kappa shape index (κ3) is 4.00. The molecule has 0 aliphatic carbocycles. The number of nitrogens with one attached hydrogen (secondary N) is 2. The zero-order valence-electron chi connectivity index (χ0n) is 14.4. The molecule has 3 amide bonds. The first-order valence-corrected chi connectivity index (χ1v) is 8.47. The fourth-order valence-corrected chi connectivity index (χ4v) is 2.71. The Bertz CT molecular complexity index is 904. The van der Waals surface area contributed by atoms with Crippen molar-refractivity contribution in [3.05, 3.63) is 78.4 Å². The molecule has 0 fully saturated rings. The van der Waals surface area contributed by atoms with Crippen LogP contribution in [0.2, 0.25) is 0 Å². The van der Waals surface area contributed by atoms with Gasteiger partial charge in [-0.25, -0.2) is 4.79 Å². The SMILES string of the molecule is CCNC(=O)NC(=O)[C@H](Oc1cccc2ccccc12)c1ccccc1. The first-order chi connectivity index (χ1) is 12.7. The molecule has 26 heavy (non-hydrogen) atoms. The number of hydrogen-bond donors (Lipinski definition) is 2. The maximum Gasteiger partial charge on any atom is 0.321 e. The number of carbonyl (C=O) groups excluding carboxylic acids is 2. The van der Waals surface area contributed by atoms with Crippen molar-refractivity contribution in [2.24, 2.45) is 0 Å². The third-order valence-electron chi connectivity index (χ3n) is 3.91. The van der Waals surface area contributed by atoms with Crippen LogP contribution in [0.1, 0.15) is 18.6 Å². The van der Waals surface area contributed by atoms with Crippen molar-refractivity contribution >= 4 is 22.7 Å². The number of amides is 3. The third-order valence-corrected chi connectivity index (χ3v) is 3.91. The average Bonchev–Trinajstić information content (AvgIpc) is 2.67. The summed E-state index contributed by atoms with van der Waals surface area (Å²) < 4.78 is 6.06. The summed E-state index contributed by atoms with van der Waals surface area (Å²) >= 11 is 0. The number of urea groups is 1. The van der Waals surface area contributed by atoms with Gasteiger partial charge >= 0.3 is 6.03 Å². The van der Waals surface area contributed by atoms with E-state index in [0.29, 0.717) is 17.9 Å². The van der Waals surface area contributed by atoms with Crippen molar-refractivity contribution in [2.45, 2.75) is 13.0 Å². The Balaban J connectivity index is 1.93. The molecule has 3 aromatic rings. The van der Waals surface area contributed by atoms with Gasteiger partial charge < -0.3 is 10.1 Å². The highest BCUT2D eigenvalue weighted by Gasteiger charge is 2.25. The zero-order chi connectivity index (χ0) is 18.4. The summed E-state index contributed by atoms with van der Waals surface area (Å²) in [6, 6.07) is 22.0. The molecular weight excluding hydrogens is 328 g/mol. The molecule has 2 N–H and O–H groups in total. The van der Waals surface area contributed by atoms with E-state index < -0.39 is 18.0 Å². The predicted octanol–water partition coefficient (Wildman–Crippen LogP) is 3.81. The van der Waals surface area contributed by atoms with Gasteiger partial charge in [0.25, 0.3) is 5.91 Å². The highest BCUT2D eigenvalue weighted by Crippen LogP contribution is 2.29. The van der Waals surface area contributed by atoms with Crippen LogP contribution in [0, 0.1) is 0 Å². The Labute approximate surface area is 152 Å². The second-order valence-electron chi connectivity index (χ2n) is 5.73. The van der Waals surface area contributed by atoms with Crippen LogP contribution in [0.3, 0.4) is 0 Å². The normalized spacial score (nSPS) is 11.6. The molecule has 0 unspecified atom stereocenters. The molecule has 0 aliphatic heterocycles. The first-order valence-electron chi connectivity index (χ1n) is 8.47. The topological polar surface area (TPSA) is 67.4 Å². The van der Waals surface area contributed by atoms with Gasteiger partial charge in [0.15, 0.2) is 0 Å². The predicted molar refractivity (Wildman–Crippen MR) is 101 cm³/mol. The molecule has 0 heterocycles. The lowest BCUT2D eigenvalue weighted by molar-refractivity contribution is -0.127. The van der Waals surface area contributed by atoms with Crippen LogP contribution in [0.5, 0.6) is 5.75 Å². The van der Waals surface area contributed by atoms with Gasteiger partial charge in [-0.2, -0.15) is 0 Å². The summed E-state index contributed by atoms with van der Waals surface area (Å²) in [6.07, 6.45) is -0.940. The second kappa shape index (κ2) is 8.16. The minimum Gasteiger partial charge on any atom is -0.475 e. The fraction of sp³-hybridized carbons (Fsp3) is 0.143.